The molecule has 6 nitrogen and oxygen atoms in total. The van der Waals surface area contributed by atoms with Crippen LogP contribution in [0.15, 0.2) is 42.5 Å². The van der Waals surface area contributed by atoms with Crippen molar-refractivity contribution in [3.63, 3.8) is 0 Å². The maximum absolute atomic E-state index is 12.6. The number of ether oxygens (including phenoxy) is 1. The van der Waals surface area contributed by atoms with Crippen molar-refractivity contribution in [3.8, 4) is 5.75 Å². The Bertz CT molecular complexity index is 908. The molecule has 2 aromatic rings. The van der Waals surface area contributed by atoms with Gasteiger partial charge in [0.15, 0.2) is 0 Å². The summed E-state index contributed by atoms with van der Waals surface area (Å²) in [5, 5.41) is 2.80. The summed E-state index contributed by atoms with van der Waals surface area (Å²) in [5.74, 6) is 0.367. The fourth-order valence-corrected chi connectivity index (χ4v) is 3.92. The van der Waals surface area contributed by atoms with Crippen LogP contribution in [-0.2, 0) is 21.4 Å². The first kappa shape index (κ1) is 20.8. The summed E-state index contributed by atoms with van der Waals surface area (Å²) in [4.78, 5) is 12.6. The standard InChI is InChI=1S/C20H26N2O4S/c1-14-6-9-18(12-15(14)2)22(27(5,24)25)16(3)20(23)21-13-17-7-10-19(26-4)11-8-17/h6-12,16H,13H2,1-5H3,(H,21,23)/t16-/m1/s1. The molecule has 1 N–H and O–H groups in total. The Morgan fingerprint density at radius 2 is 1.74 bits per heavy atom. The maximum Gasteiger partial charge on any atom is 0.243 e. The Morgan fingerprint density at radius 1 is 1.11 bits per heavy atom. The molecule has 2 rings (SSSR count). The molecule has 2 aromatic carbocycles. The molecule has 1 atom stereocenters. The number of hydrogen-bond donors (Lipinski definition) is 1. The molecular formula is C20H26N2O4S. The third kappa shape index (κ3) is 5.23. The number of amides is 1. The van der Waals surface area contributed by atoms with Gasteiger partial charge in [-0.15, -0.1) is 0 Å². The highest BCUT2D eigenvalue weighted by atomic mass is 32.2. The van der Waals surface area contributed by atoms with Gasteiger partial charge >= 0.3 is 0 Å². The minimum Gasteiger partial charge on any atom is -0.497 e. The Hall–Kier alpha value is -2.54. The molecule has 0 saturated heterocycles. The molecule has 0 aliphatic carbocycles. The molecule has 0 heterocycles. The van der Waals surface area contributed by atoms with Gasteiger partial charge < -0.3 is 10.1 Å². The molecule has 0 aliphatic rings. The van der Waals surface area contributed by atoms with E-state index in [1.807, 2.05) is 44.2 Å². The molecule has 0 saturated carbocycles. The zero-order chi connectivity index (χ0) is 20.2. The number of methoxy groups -OCH3 is 1. The van der Waals surface area contributed by atoms with Gasteiger partial charge in [0.25, 0.3) is 0 Å². The summed E-state index contributed by atoms with van der Waals surface area (Å²) in [6, 6.07) is 11.8. The monoisotopic (exact) mass is 390 g/mol. The minimum absolute atomic E-state index is 0.303. The number of rotatable bonds is 7. The maximum atomic E-state index is 12.6. The van der Waals surface area contributed by atoms with Crippen LogP contribution < -0.4 is 14.4 Å². The van der Waals surface area contributed by atoms with Crippen LogP contribution in [0, 0.1) is 13.8 Å². The third-order valence-corrected chi connectivity index (χ3v) is 5.70. The Kier molecular flexibility index (Phi) is 6.49. The Morgan fingerprint density at radius 3 is 2.26 bits per heavy atom. The molecule has 27 heavy (non-hydrogen) atoms. The van der Waals surface area contributed by atoms with E-state index >= 15 is 0 Å². The lowest BCUT2D eigenvalue weighted by atomic mass is 10.1. The highest BCUT2D eigenvalue weighted by Gasteiger charge is 2.29. The first-order valence-electron chi connectivity index (χ1n) is 8.60. The topological polar surface area (TPSA) is 75.7 Å². The van der Waals surface area contributed by atoms with Gasteiger partial charge in [-0.25, -0.2) is 8.42 Å². The number of nitrogens with one attached hydrogen (secondary N) is 1. The van der Waals surface area contributed by atoms with E-state index in [-0.39, 0.29) is 5.91 Å². The molecule has 0 aromatic heterocycles. The van der Waals surface area contributed by atoms with E-state index < -0.39 is 16.1 Å². The summed E-state index contributed by atoms with van der Waals surface area (Å²) in [5.41, 5.74) is 3.40. The van der Waals surface area contributed by atoms with E-state index in [0.29, 0.717) is 12.2 Å². The van der Waals surface area contributed by atoms with E-state index in [2.05, 4.69) is 5.32 Å². The minimum atomic E-state index is -3.63. The van der Waals surface area contributed by atoms with Crippen molar-refractivity contribution in [1.82, 2.24) is 5.32 Å². The highest BCUT2D eigenvalue weighted by molar-refractivity contribution is 7.92. The SMILES string of the molecule is COc1ccc(CNC(=O)[C@@H](C)N(c2ccc(C)c(C)c2)S(C)(=O)=O)cc1. The van der Waals surface area contributed by atoms with E-state index in [1.165, 1.54) is 0 Å². The van der Waals surface area contributed by atoms with Crippen molar-refractivity contribution in [3.05, 3.63) is 59.2 Å². The van der Waals surface area contributed by atoms with Crippen LogP contribution in [0.3, 0.4) is 0 Å². The summed E-state index contributed by atoms with van der Waals surface area (Å²) in [6.07, 6.45) is 1.11. The second kappa shape index (κ2) is 8.43. The second-order valence-corrected chi connectivity index (χ2v) is 8.43. The van der Waals surface area contributed by atoms with Crippen LogP contribution in [0.4, 0.5) is 5.69 Å². The lowest BCUT2D eigenvalue weighted by molar-refractivity contribution is -0.122. The highest BCUT2D eigenvalue weighted by Crippen LogP contribution is 2.23. The zero-order valence-electron chi connectivity index (χ0n) is 16.3. The van der Waals surface area contributed by atoms with Gasteiger partial charge in [0.2, 0.25) is 15.9 Å². The molecule has 0 unspecified atom stereocenters. The van der Waals surface area contributed by atoms with Crippen molar-refractivity contribution in [2.75, 3.05) is 17.7 Å². The number of sulfonamides is 1. The quantitative estimate of drug-likeness (QED) is 0.789. The van der Waals surface area contributed by atoms with Gasteiger partial charge in [-0.2, -0.15) is 0 Å². The molecular weight excluding hydrogens is 364 g/mol. The largest absolute Gasteiger partial charge is 0.497 e. The molecule has 7 heteroatoms. The van der Waals surface area contributed by atoms with E-state index in [9.17, 15) is 13.2 Å². The first-order chi connectivity index (χ1) is 12.6. The van der Waals surface area contributed by atoms with Crippen LogP contribution in [0.25, 0.3) is 0 Å². The number of hydrogen-bond acceptors (Lipinski definition) is 4. The summed E-state index contributed by atoms with van der Waals surface area (Å²) in [7, 11) is -2.04. The van der Waals surface area contributed by atoms with Crippen LogP contribution in [0.5, 0.6) is 5.75 Å². The summed E-state index contributed by atoms with van der Waals surface area (Å²) >= 11 is 0. The van der Waals surface area contributed by atoms with E-state index in [1.54, 1.807) is 26.2 Å². The Balaban J connectivity index is 2.17. The normalized spacial score (nSPS) is 12.3. The molecule has 0 radical (unpaired) electrons. The van der Waals surface area contributed by atoms with Crippen molar-refractivity contribution in [1.29, 1.82) is 0 Å². The van der Waals surface area contributed by atoms with Gasteiger partial charge in [0.1, 0.15) is 11.8 Å². The predicted molar refractivity (Wildman–Crippen MR) is 108 cm³/mol. The van der Waals surface area contributed by atoms with Crippen LogP contribution in [-0.4, -0.2) is 33.7 Å². The number of aryl methyl sites for hydroxylation is 2. The van der Waals surface area contributed by atoms with Gasteiger partial charge in [0.05, 0.1) is 19.1 Å². The molecule has 0 bridgehead atoms. The van der Waals surface area contributed by atoms with Crippen molar-refractivity contribution >= 4 is 21.6 Å². The molecule has 146 valence electrons. The average molecular weight is 391 g/mol. The summed E-state index contributed by atoms with van der Waals surface area (Å²) < 4.78 is 31.0. The van der Waals surface area contributed by atoms with Gasteiger partial charge in [-0.1, -0.05) is 18.2 Å². The van der Waals surface area contributed by atoms with Crippen molar-refractivity contribution in [2.45, 2.75) is 33.4 Å². The zero-order valence-corrected chi connectivity index (χ0v) is 17.1. The molecule has 0 fully saturated rings. The fourth-order valence-electron chi connectivity index (χ4n) is 2.75. The van der Waals surface area contributed by atoms with Crippen molar-refractivity contribution in [2.24, 2.45) is 0 Å². The van der Waals surface area contributed by atoms with Crippen LogP contribution in [0.1, 0.15) is 23.6 Å². The number of nitrogens with zero attached hydrogens (tertiary/aromatic N) is 1. The van der Waals surface area contributed by atoms with Crippen molar-refractivity contribution < 1.29 is 17.9 Å². The number of carbonyl (C=O) groups is 1. The van der Waals surface area contributed by atoms with Crippen LogP contribution >= 0.6 is 0 Å². The molecule has 0 spiro atoms. The van der Waals surface area contributed by atoms with Crippen LogP contribution in [0.2, 0.25) is 0 Å². The average Bonchev–Trinajstić information content (AvgIpc) is 2.62. The number of anilines is 1. The van der Waals surface area contributed by atoms with Gasteiger partial charge in [0, 0.05) is 6.54 Å². The van der Waals surface area contributed by atoms with Gasteiger partial charge in [-0.3, -0.25) is 9.10 Å². The first-order valence-corrected chi connectivity index (χ1v) is 10.5. The Labute approximate surface area is 161 Å². The lowest BCUT2D eigenvalue weighted by Gasteiger charge is -2.28. The predicted octanol–water partition coefficient (Wildman–Crippen LogP) is 2.78. The number of carbonyl (C=O) groups excluding carboxylic acids is 1. The number of benzene rings is 2. The summed E-state index contributed by atoms with van der Waals surface area (Å²) in [6.45, 7) is 5.75. The van der Waals surface area contributed by atoms with E-state index in [4.69, 9.17) is 4.74 Å². The smallest absolute Gasteiger partial charge is 0.243 e. The second-order valence-electron chi connectivity index (χ2n) is 6.57. The van der Waals surface area contributed by atoms with Gasteiger partial charge in [-0.05, 0) is 61.7 Å². The lowest BCUT2D eigenvalue weighted by Crippen LogP contribution is -2.47. The third-order valence-electron chi connectivity index (χ3n) is 4.46. The fraction of sp³-hybridized carbons (Fsp3) is 0.350. The van der Waals surface area contributed by atoms with E-state index in [0.717, 1.165) is 33.0 Å². The molecule has 1 amide bonds. The molecule has 0 aliphatic heterocycles.